The highest BCUT2D eigenvalue weighted by molar-refractivity contribution is 6.30. The summed E-state index contributed by atoms with van der Waals surface area (Å²) in [5, 5.41) is 3.25. The van der Waals surface area contributed by atoms with Crippen LogP contribution in [0.25, 0.3) is 5.95 Å². The van der Waals surface area contributed by atoms with E-state index in [4.69, 9.17) is 11.6 Å². The van der Waals surface area contributed by atoms with Crippen LogP contribution in [0, 0.1) is 19.7 Å². The average molecular weight is 441 g/mol. The van der Waals surface area contributed by atoms with Gasteiger partial charge >= 0.3 is 0 Å². The lowest BCUT2D eigenvalue weighted by Crippen LogP contribution is -2.42. The normalized spacial score (nSPS) is 15.6. The Bertz CT molecular complexity index is 1090. The van der Waals surface area contributed by atoms with Crippen molar-refractivity contribution in [1.82, 2.24) is 19.9 Å². The average Bonchev–Trinajstić information content (AvgIpc) is 3.10. The molecule has 0 bridgehead atoms. The van der Waals surface area contributed by atoms with Crippen molar-refractivity contribution in [2.24, 2.45) is 0 Å². The number of aromatic nitrogens is 3. The first-order valence-corrected chi connectivity index (χ1v) is 11.0. The van der Waals surface area contributed by atoms with E-state index in [1.165, 1.54) is 6.07 Å². The smallest absolute Gasteiger partial charge is 0.253 e. The molecule has 0 atom stereocenters. The molecule has 31 heavy (non-hydrogen) atoms. The molecule has 1 aliphatic carbocycles. The first-order valence-electron chi connectivity index (χ1n) is 10.6. The number of hydrogen-bond acceptors (Lipinski definition) is 3. The lowest BCUT2D eigenvalue weighted by Gasteiger charge is -2.38. The van der Waals surface area contributed by atoms with Gasteiger partial charge in [0.1, 0.15) is 5.82 Å². The van der Waals surface area contributed by atoms with Crippen molar-refractivity contribution in [2.45, 2.75) is 51.4 Å². The monoisotopic (exact) mass is 440 g/mol. The maximum Gasteiger partial charge on any atom is 0.253 e. The molecule has 1 saturated carbocycles. The zero-order chi connectivity index (χ0) is 22.0. The van der Waals surface area contributed by atoms with Crippen molar-refractivity contribution in [2.75, 3.05) is 6.54 Å². The van der Waals surface area contributed by atoms with Crippen LogP contribution in [0.2, 0.25) is 5.02 Å². The number of halogens is 2. The Morgan fingerprint density at radius 2 is 1.90 bits per heavy atom. The fourth-order valence-corrected chi connectivity index (χ4v) is 4.63. The summed E-state index contributed by atoms with van der Waals surface area (Å²) in [5.41, 5.74) is 3.02. The Hall–Kier alpha value is -2.73. The molecule has 4 rings (SSSR count). The second-order valence-corrected chi connectivity index (χ2v) is 8.73. The molecule has 7 heteroatoms. The van der Waals surface area contributed by atoms with E-state index in [0.29, 0.717) is 18.1 Å². The van der Waals surface area contributed by atoms with Gasteiger partial charge in [0, 0.05) is 36.2 Å². The van der Waals surface area contributed by atoms with Gasteiger partial charge < -0.3 is 5.32 Å². The molecule has 1 amide bonds. The molecular weight excluding hydrogens is 415 g/mol. The van der Waals surface area contributed by atoms with Gasteiger partial charge in [-0.05, 0) is 56.0 Å². The molecule has 0 radical (unpaired) electrons. The highest BCUT2D eigenvalue weighted by Crippen LogP contribution is 2.40. The molecule has 5 nitrogen and oxygen atoms in total. The summed E-state index contributed by atoms with van der Waals surface area (Å²) in [5.74, 6) is -0.0287. The largest absolute Gasteiger partial charge is 0.351 e. The molecule has 2 aromatic heterocycles. The van der Waals surface area contributed by atoms with Gasteiger partial charge in [0.15, 0.2) is 0 Å². The minimum absolute atomic E-state index is 0.120. The number of benzene rings is 1. The lowest BCUT2D eigenvalue weighted by molar-refractivity contribution is 0.0936. The molecule has 0 aliphatic heterocycles. The van der Waals surface area contributed by atoms with Gasteiger partial charge in [-0.3, -0.25) is 9.36 Å². The number of nitrogens with one attached hydrogen (secondary N) is 1. The lowest BCUT2D eigenvalue weighted by atomic mass is 9.69. The first kappa shape index (κ1) is 21.5. The first-order chi connectivity index (χ1) is 14.9. The standard InChI is InChI=1S/C24H26ClFN4O/c1-16-17(2)30(23-27-11-6-12-28-23)14-19(16)22(31)29-15-24(9-4-3-5-10-24)18-7-8-20(25)21(26)13-18/h6-8,11-14H,3-5,9-10,15H2,1-2H3,(H,29,31). The van der Waals surface area contributed by atoms with Crippen LogP contribution < -0.4 is 5.32 Å². The van der Waals surface area contributed by atoms with Crippen LogP contribution in [0.4, 0.5) is 4.39 Å². The van der Waals surface area contributed by atoms with E-state index < -0.39 is 5.82 Å². The summed E-state index contributed by atoms with van der Waals surface area (Å²) in [7, 11) is 0. The van der Waals surface area contributed by atoms with E-state index in [1.54, 1.807) is 30.7 Å². The van der Waals surface area contributed by atoms with Gasteiger partial charge in [0.05, 0.1) is 10.6 Å². The van der Waals surface area contributed by atoms with Gasteiger partial charge in [0.25, 0.3) is 5.91 Å². The molecule has 1 aliphatic rings. The number of nitrogens with zero attached hydrogens (tertiary/aromatic N) is 3. The molecule has 2 heterocycles. The Labute approximate surface area is 186 Å². The number of carbonyl (C=O) groups excluding carboxylic acids is 1. The van der Waals surface area contributed by atoms with Crippen LogP contribution >= 0.6 is 11.6 Å². The van der Waals surface area contributed by atoms with E-state index in [0.717, 1.165) is 48.9 Å². The minimum atomic E-state index is -0.415. The zero-order valence-electron chi connectivity index (χ0n) is 17.8. The number of rotatable bonds is 5. The predicted octanol–water partition coefficient (Wildman–Crippen LogP) is 5.31. The molecule has 0 saturated heterocycles. The Morgan fingerprint density at radius 3 is 2.58 bits per heavy atom. The van der Waals surface area contributed by atoms with Crippen LogP contribution in [0.5, 0.6) is 0 Å². The van der Waals surface area contributed by atoms with Gasteiger partial charge in [-0.2, -0.15) is 0 Å². The van der Waals surface area contributed by atoms with Crippen molar-refractivity contribution in [3.8, 4) is 5.95 Å². The molecular formula is C24H26ClFN4O. The van der Waals surface area contributed by atoms with Crippen molar-refractivity contribution in [3.63, 3.8) is 0 Å². The highest BCUT2D eigenvalue weighted by atomic mass is 35.5. The molecule has 162 valence electrons. The van der Waals surface area contributed by atoms with Crippen LogP contribution in [-0.2, 0) is 5.41 Å². The third-order valence-electron chi connectivity index (χ3n) is 6.51. The Morgan fingerprint density at radius 1 is 1.19 bits per heavy atom. The van der Waals surface area contributed by atoms with Gasteiger partial charge in [-0.25, -0.2) is 14.4 Å². The molecule has 1 aromatic carbocycles. The third kappa shape index (κ3) is 4.22. The maximum atomic E-state index is 14.2. The minimum Gasteiger partial charge on any atom is -0.351 e. The van der Waals surface area contributed by atoms with E-state index in [2.05, 4.69) is 15.3 Å². The Balaban J connectivity index is 1.58. The Kier molecular flexibility index (Phi) is 6.10. The fraction of sp³-hybridized carbons (Fsp3) is 0.375. The second-order valence-electron chi connectivity index (χ2n) is 8.32. The van der Waals surface area contributed by atoms with E-state index in [9.17, 15) is 9.18 Å². The van der Waals surface area contributed by atoms with E-state index >= 15 is 0 Å². The maximum absolute atomic E-state index is 14.2. The second kappa shape index (κ2) is 8.79. The van der Waals surface area contributed by atoms with Crippen molar-refractivity contribution < 1.29 is 9.18 Å². The number of hydrogen-bond donors (Lipinski definition) is 1. The van der Waals surface area contributed by atoms with Crippen molar-refractivity contribution >= 4 is 17.5 Å². The molecule has 0 spiro atoms. The molecule has 3 aromatic rings. The van der Waals surface area contributed by atoms with E-state index in [1.807, 2.05) is 24.5 Å². The van der Waals surface area contributed by atoms with Gasteiger partial charge in [-0.15, -0.1) is 0 Å². The SMILES string of the molecule is Cc1c(C(=O)NCC2(c3ccc(Cl)c(F)c3)CCCCC2)cn(-c2ncccn2)c1C. The van der Waals surface area contributed by atoms with Crippen LogP contribution in [0.1, 0.15) is 59.3 Å². The highest BCUT2D eigenvalue weighted by Gasteiger charge is 2.35. The molecule has 1 fully saturated rings. The molecule has 0 unspecified atom stereocenters. The molecule has 1 N–H and O–H groups in total. The number of amides is 1. The van der Waals surface area contributed by atoms with Crippen LogP contribution in [0.3, 0.4) is 0 Å². The van der Waals surface area contributed by atoms with Crippen molar-refractivity contribution in [3.05, 3.63) is 76.1 Å². The van der Waals surface area contributed by atoms with Gasteiger partial charge in [0.2, 0.25) is 5.95 Å². The van der Waals surface area contributed by atoms with Crippen molar-refractivity contribution in [1.29, 1.82) is 0 Å². The summed E-state index contributed by atoms with van der Waals surface area (Å²) in [6.45, 7) is 4.33. The summed E-state index contributed by atoms with van der Waals surface area (Å²) in [4.78, 5) is 21.7. The fourth-order valence-electron chi connectivity index (χ4n) is 4.52. The number of carbonyl (C=O) groups is 1. The summed E-state index contributed by atoms with van der Waals surface area (Å²) >= 11 is 5.90. The third-order valence-corrected chi connectivity index (χ3v) is 6.81. The summed E-state index contributed by atoms with van der Waals surface area (Å²) < 4.78 is 16.0. The van der Waals surface area contributed by atoms with E-state index in [-0.39, 0.29) is 16.3 Å². The zero-order valence-corrected chi connectivity index (χ0v) is 18.5. The predicted molar refractivity (Wildman–Crippen MR) is 119 cm³/mol. The van der Waals surface area contributed by atoms with Crippen LogP contribution in [0.15, 0.2) is 42.9 Å². The quantitative estimate of drug-likeness (QED) is 0.585. The van der Waals surface area contributed by atoms with Gasteiger partial charge in [-0.1, -0.05) is 36.9 Å². The summed E-state index contributed by atoms with van der Waals surface area (Å²) in [6, 6.07) is 6.78. The summed E-state index contributed by atoms with van der Waals surface area (Å²) in [6.07, 6.45) is 10.2. The van der Waals surface area contributed by atoms with Crippen LogP contribution in [-0.4, -0.2) is 27.0 Å². The topological polar surface area (TPSA) is 59.8 Å².